The van der Waals surface area contributed by atoms with Crippen LogP contribution in [0, 0.1) is 0 Å². The van der Waals surface area contributed by atoms with Crippen LogP contribution >= 0.6 is 27.5 Å². The Hall–Kier alpha value is -2.35. The summed E-state index contributed by atoms with van der Waals surface area (Å²) >= 11 is 9.53. The van der Waals surface area contributed by atoms with E-state index >= 15 is 0 Å². The number of amides is 1. The average molecular weight is 466 g/mol. The monoisotopic (exact) mass is 464 g/mol. The lowest BCUT2D eigenvalue weighted by Crippen LogP contribution is -2.14. The van der Waals surface area contributed by atoms with E-state index in [0.29, 0.717) is 5.69 Å². The molecule has 0 spiro atoms. The van der Waals surface area contributed by atoms with Gasteiger partial charge in [-0.15, -0.1) is 0 Å². The lowest BCUT2D eigenvalue weighted by atomic mass is 10.2. The Morgan fingerprint density at radius 1 is 0.889 bits per heavy atom. The molecule has 0 aromatic heterocycles. The van der Waals surface area contributed by atoms with Crippen molar-refractivity contribution in [1.29, 1.82) is 0 Å². The number of hydrogen-bond donors (Lipinski definition) is 2. The molecule has 3 rings (SSSR count). The van der Waals surface area contributed by atoms with Gasteiger partial charge in [0, 0.05) is 10.2 Å². The standard InChI is InChI=1S/C19H14BrClN2O3S/c20-13-5-4-6-14(11-13)22-19(24)17-10-9-15(12-18(17)21)23-27(25,26)16-7-2-1-3-8-16/h1-12,23H,(H,22,24). The zero-order chi connectivity index (χ0) is 19.4. The first-order valence-corrected chi connectivity index (χ1v) is 10.4. The number of sulfonamides is 1. The van der Waals surface area contributed by atoms with Gasteiger partial charge in [0.2, 0.25) is 0 Å². The lowest BCUT2D eigenvalue weighted by molar-refractivity contribution is 0.102. The number of carbonyl (C=O) groups is 1. The predicted octanol–water partition coefficient (Wildman–Crippen LogP) is 5.16. The molecule has 1 amide bonds. The number of benzene rings is 3. The third-order valence-corrected chi connectivity index (χ3v) is 5.81. The van der Waals surface area contributed by atoms with E-state index in [1.54, 1.807) is 36.4 Å². The maximum atomic E-state index is 12.4. The number of carbonyl (C=O) groups excluding carboxylic acids is 1. The van der Waals surface area contributed by atoms with Crippen molar-refractivity contribution in [3.05, 3.63) is 87.9 Å². The third-order valence-electron chi connectivity index (χ3n) is 3.60. The van der Waals surface area contributed by atoms with Gasteiger partial charge in [-0.3, -0.25) is 9.52 Å². The number of halogens is 2. The summed E-state index contributed by atoms with van der Waals surface area (Å²) in [7, 11) is -3.73. The largest absolute Gasteiger partial charge is 0.322 e. The molecule has 0 aliphatic rings. The summed E-state index contributed by atoms with van der Waals surface area (Å²) < 4.78 is 28.0. The topological polar surface area (TPSA) is 75.3 Å². The van der Waals surface area contributed by atoms with E-state index in [4.69, 9.17) is 11.6 Å². The maximum absolute atomic E-state index is 12.4. The number of nitrogens with one attached hydrogen (secondary N) is 2. The summed E-state index contributed by atoms with van der Waals surface area (Å²) in [6, 6.07) is 19.5. The van der Waals surface area contributed by atoms with Gasteiger partial charge in [0.25, 0.3) is 15.9 Å². The molecule has 0 atom stereocenters. The Morgan fingerprint density at radius 2 is 1.63 bits per heavy atom. The molecule has 138 valence electrons. The van der Waals surface area contributed by atoms with Crippen LogP contribution in [0.3, 0.4) is 0 Å². The highest BCUT2D eigenvalue weighted by Gasteiger charge is 2.16. The van der Waals surface area contributed by atoms with Crippen LogP contribution in [0.15, 0.2) is 82.2 Å². The van der Waals surface area contributed by atoms with Crippen LogP contribution in [-0.2, 0) is 10.0 Å². The Kier molecular flexibility index (Phi) is 5.84. The summed E-state index contributed by atoms with van der Waals surface area (Å²) in [6.07, 6.45) is 0. The summed E-state index contributed by atoms with van der Waals surface area (Å²) in [6.45, 7) is 0. The molecule has 3 aromatic rings. The average Bonchev–Trinajstić information content (AvgIpc) is 2.62. The molecule has 5 nitrogen and oxygen atoms in total. The van der Waals surface area contributed by atoms with Gasteiger partial charge in [-0.05, 0) is 48.5 Å². The molecule has 0 saturated carbocycles. The van der Waals surface area contributed by atoms with Crippen molar-refractivity contribution >= 4 is 54.8 Å². The van der Waals surface area contributed by atoms with E-state index in [1.165, 1.54) is 30.3 Å². The molecule has 3 aromatic carbocycles. The predicted molar refractivity (Wildman–Crippen MR) is 111 cm³/mol. The van der Waals surface area contributed by atoms with E-state index < -0.39 is 15.9 Å². The second kappa shape index (κ2) is 8.12. The first-order chi connectivity index (χ1) is 12.8. The highest BCUT2D eigenvalue weighted by Crippen LogP contribution is 2.25. The second-order valence-electron chi connectivity index (χ2n) is 5.58. The SMILES string of the molecule is O=C(Nc1cccc(Br)c1)c1ccc(NS(=O)(=O)c2ccccc2)cc1Cl. The van der Waals surface area contributed by atoms with Crippen LogP contribution in [0.1, 0.15) is 10.4 Å². The third kappa shape index (κ3) is 4.88. The molecular weight excluding hydrogens is 452 g/mol. The quantitative estimate of drug-likeness (QED) is 0.547. The highest BCUT2D eigenvalue weighted by atomic mass is 79.9. The van der Waals surface area contributed by atoms with Gasteiger partial charge in [-0.1, -0.05) is 51.8 Å². The summed E-state index contributed by atoms with van der Waals surface area (Å²) in [5.74, 6) is -0.393. The molecule has 0 bridgehead atoms. The van der Waals surface area contributed by atoms with E-state index in [-0.39, 0.29) is 21.2 Å². The molecule has 2 N–H and O–H groups in total. The molecule has 0 radical (unpaired) electrons. The number of hydrogen-bond acceptors (Lipinski definition) is 3. The molecular formula is C19H14BrClN2O3S. The van der Waals surface area contributed by atoms with Gasteiger partial charge in [0.15, 0.2) is 0 Å². The van der Waals surface area contributed by atoms with Gasteiger partial charge in [0.05, 0.1) is 21.2 Å². The second-order valence-corrected chi connectivity index (χ2v) is 8.58. The molecule has 0 heterocycles. The van der Waals surface area contributed by atoms with Crippen molar-refractivity contribution in [2.45, 2.75) is 4.90 Å². The lowest BCUT2D eigenvalue weighted by Gasteiger charge is -2.11. The summed E-state index contributed by atoms with van der Waals surface area (Å²) in [4.78, 5) is 12.6. The van der Waals surface area contributed by atoms with Gasteiger partial charge in [-0.2, -0.15) is 0 Å². The minimum Gasteiger partial charge on any atom is -0.322 e. The van der Waals surface area contributed by atoms with E-state index in [0.717, 1.165) is 4.47 Å². The maximum Gasteiger partial charge on any atom is 0.261 e. The minimum atomic E-state index is -3.73. The van der Waals surface area contributed by atoms with Gasteiger partial charge >= 0.3 is 0 Å². The fourth-order valence-corrected chi connectivity index (χ4v) is 4.08. The Bertz CT molecular complexity index is 1090. The van der Waals surface area contributed by atoms with Crippen LogP contribution in [0.25, 0.3) is 0 Å². The first-order valence-electron chi connectivity index (χ1n) is 7.79. The van der Waals surface area contributed by atoms with Crippen molar-refractivity contribution in [2.24, 2.45) is 0 Å². The van der Waals surface area contributed by atoms with E-state index in [2.05, 4.69) is 26.0 Å². The van der Waals surface area contributed by atoms with Gasteiger partial charge in [-0.25, -0.2) is 8.42 Å². The normalized spacial score (nSPS) is 11.0. The van der Waals surface area contributed by atoms with E-state index in [9.17, 15) is 13.2 Å². The fourth-order valence-electron chi connectivity index (χ4n) is 2.34. The minimum absolute atomic E-state index is 0.135. The zero-order valence-corrected chi connectivity index (χ0v) is 17.0. The molecule has 0 aliphatic heterocycles. The Labute approximate surface area is 170 Å². The molecule has 0 saturated heterocycles. The van der Waals surface area contributed by atoms with Crippen molar-refractivity contribution in [1.82, 2.24) is 0 Å². The van der Waals surface area contributed by atoms with Crippen molar-refractivity contribution in [3.8, 4) is 0 Å². The molecule has 0 unspecified atom stereocenters. The highest BCUT2D eigenvalue weighted by molar-refractivity contribution is 9.10. The van der Waals surface area contributed by atoms with Gasteiger partial charge in [0.1, 0.15) is 0 Å². The van der Waals surface area contributed by atoms with Crippen molar-refractivity contribution in [2.75, 3.05) is 10.0 Å². The smallest absolute Gasteiger partial charge is 0.261 e. The van der Waals surface area contributed by atoms with Crippen molar-refractivity contribution in [3.63, 3.8) is 0 Å². The molecule has 0 fully saturated rings. The van der Waals surface area contributed by atoms with Crippen molar-refractivity contribution < 1.29 is 13.2 Å². The van der Waals surface area contributed by atoms with Gasteiger partial charge < -0.3 is 5.32 Å². The fraction of sp³-hybridized carbons (Fsp3) is 0. The van der Waals surface area contributed by atoms with E-state index in [1.807, 2.05) is 6.07 Å². The molecule has 0 aliphatic carbocycles. The first kappa shape index (κ1) is 19.4. The summed E-state index contributed by atoms with van der Waals surface area (Å²) in [5.41, 5.74) is 1.11. The zero-order valence-electron chi connectivity index (χ0n) is 13.8. The Balaban J connectivity index is 1.78. The van der Waals surface area contributed by atoms with Crippen LogP contribution in [0.2, 0.25) is 5.02 Å². The molecule has 27 heavy (non-hydrogen) atoms. The molecule has 8 heteroatoms. The van der Waals surface area contributed by atoms with Crippen LogP contribution in [0.4, 0.5) is 11.4 Å². The van der Waals surface area contributed by atoms with Crippen LogP contribution in [0.5, 0.6) is 0 Å². The Morgan fingerprint density at radius 3 is 2.30 bits per heavy atom. The number of anilines is 2. The summed E-state index contributed by atoms with van der Waals surface area (Å²) in [5, 5.41) is 2.88. The number of rotatable bonds is 5. The van der Waals surface area contributed by atoms with Crippen LogP contribution in [-0.4, -0.2) is 14.3 Å². The van der Waals surface area contributed by atoms with Crippen LogP contribution < -0.4 is 10.0 Å².